The van der Waals surface area contributed by atoms with Crippen molar-refractivity contribution >= 4 is 62.4 Å². The number of halogens is 3. The molecule has 0 aromatic heterocycles. The summed E-state index contributed by atoms with van der Waals surface area (Å²) in [4.78, 5) is 28.4. The third-order valence-corrected chi connectivity index (χ3v) is 9.68. The molecule has 10 heteroatoms. The number of ether oxygens (including phenoxy) is 2. The largest absolute Gasteiger partial charge is 0.461 e. The van der Waals surface area contributed by atoms with Crippen LogP contribution in [0.1, 0.15) is 77.9 Å². The minimum absolute atomic E-state index is 0.0541. The quantitative estimate of drug-likeness (QED) is 0.104. The summed E-state index contributed by atoms with van der Waals surface area (Å²) in [7, 11) is 0. The lowest BCUT2D eigenvalue weighted by atomic mass is 9.94. The number of nitrogens with two attached hydrogens (primary N) is 1. The molecule has 0 spiro atoms. The highest BCUT2D eigenvalue weighted by Crippen LogP contribution is 2.34. The Labute approximate surface area is 300 Å². The predicted molar refractivity (Wildman–Crippen MR) is 196 cm³/mol. The molecule has 1 unspecified atom stereocenters. The molecule has 1 atom stereocenters. The van der Waals surface area contributed by atoms with Crippen LogP contribution in [0.15, 0.2) is 89.4 Å². The maximum absolute atomic E-state index is 13.1. The standard InChI is InChI=1S/C38H40BrCl2N3O4/c1-2-44(31-10-4-3-5-11-31)23-26-19-29(21-30(39)20-26)38(46)48-37(42)27-17-15-25(16-18-27)24-47-35(45)22-28-9-6-7-14-34(28)43-36-32(40)12-8-13-33(36)41/h6-9,12-21,31,37,43H,2-5,10-11,22-24,42H2,1H3. The van der Waals surface area contributed by atoms with Crippen LogP contribution in [0.3, 0.4) is 0 Å². The molecule has 0 heterocycles. The van der Waals surface area contributed by atoms with Crippen LogP contribution in [0.4, 0.5) is 11.4 Å². The van der Waals surface area contributed by atoms with E-state index in [0.29, 0.717) is 38.6 Å². The first-order valence-corrected chi connectivity index (χ1v) is 17.8. The lowest BCUT2D eigenvalue weighted by Gasteiger charge is -2.33. The Balaban J connectivity index is 1.14. The van der Waals surface area contributed by atoms with Crippen LogP contribution in [0, 0.1) is 0 Å². The van der Waals surface area contributed by atoms with E-state index in [0.717, 1.165) is 34.3 Å². The number of hydrogen-bond donors (Lipinski definition) is 2. The van der Waals surface area contributed by atoms with E-state index in [-0.39, 0.29) is 13.0 Å². The number of carbonyl (C=O) groups is 2. The van der Waals surface area contributed by atoms with Crippen molar-refractivity contribution in [3.63, 3.8) is 0 Å². The van der Waals surface area contributed by atoms with Gasteiger partial charge in [0.2, 0.25) is 0 Å². The molecule has 0 aliphatic heterocycles. The van der Waals surface area contributed by atoms with Crippen molar-refractivity contribution in [3.8, 4) is 0 Å². The average molecular weight is 754 g/mol. The van der Waals surface area contributed by atoms with Crippen molar-refractivity contribution in [2.45, 2.75) is 70.9 Å². The van der Waals surface area contributed by atoms with Crippen molar-refractivity contribution < 1.29 is 19.1 Å². The number of nitrogens with one attached hydrogen (secondary N) is 1. The number of nitrogens with zero attached hydrogens (tertiary/aromatic N) is 1. The molecule has 1 fully saturated rings. The summed E-state index contributed by atoms with van der Waals surface area (Å²) >= 11 is 16.2. The van der Waals surface area contributed by atoms with Crippen LogP contribution < -0.4 is 11.1 Å². The minimum Gasteiger partial charge on any atom is -0.461 e. The van der Waals surface area contributed by atoms with Gasteiger partial charge in [0.05, 0.1) is 27.7 Å². The molecule has 1 saturated carbocycles. The maximum Gasteiger partial charge on any atom is 0.339 e. The molecule has 7 nitrogen and oxygen atoms in total. The Morgan fingerprint density at radius 2 is 1.65 bits per heavy atom. The fourth-order valence-electron chi connectivity index (χ4n) is 6.01. The number of rotatable bonds is 13. The Kier molecular flexibility index (Phi) is 12.9. The molecule has 4 aromatic rings. The number of para-hydroxylation sites is 2. The van der Waals surface area contributed by atoms with E-state index in [4.69, 9.17) is 38.4 Å². The third kappa shape index (κ3) is 9.83. The Morgan fingerprint density at radius 1 is 0.938 bits per heavy atom. The summed E-state index contributed by atoms with van der Waals surface area (Å²) < 4.78 is 12.0. The van der Waals surface area contributed by atoms with E-state index in [1.165, 1.54) is 32.1 Å². The molecule has 5 rings (SSSR count). The molecule has 1 aliphatic carbocycles. The highest BCUT2D eigenvalue weighted by Gasteiger charge is 2.21. The SMILES string of the molecule is CCN(Cc1cc(Br)cc(C(=O)OC(N)c2ccc(COC(=O)Cc3ccccc3Nc3c(Cl)cccc3Cl)cc2)c1)C1CCCCC1. The monoisotopic (exact) mass is 751 g/mol. The second-order valence-electron chi connectivity index (χ2n) is 12.0. The van der Waals surface area contributed by atoms with Gasteiger partial charge in [0, 0.05) is 28.3 Å². The molecule has 0 saturated heterocycles. The molecule has 1 aliphatic rings. The van der Waals surface area contributed by atoms with Crippen LogP contribution in [-0.4, -0.2) is 29.4 Å². The number of carbonyl (C=O) groups excluding carboxylic acids is 2. The second kappa shape index (κ2) is 17.3. The summed E-state index contributed by atoms with van der Waals surface area (Å²) in [5, 5.41) is 4.18. The van der Waals surface area contributed by atoms with Gasteiger partial charge in [-0.15, -0.1) is 0 Å². The first-order chi connectivity index (χ1) is 23.2. The molecule has 252 valence electrons. The topological polar surface area (TPSA) is 93.9 Å². The molecule has 0 radical (unpaired) electrons. The smallest absolute Gasteiger partial charge is 0.339 e. The van der Waals surface area contributed by atoms with E-state index in [1.54, 1.807) is 48.5 Å². The normalized spacial score (nSPS) is 14.0. The molecule has 0 bridgehead atoms. The summed E-state index contributed by atoms with van der Waals surface area (Å²) in [5.74, 6) is -0.881. The number of hydrogen-bond acceptors (Lipinski definition) is 7. The van der Waals surface area contributed by atoms with Gasteiger partial charge in [0.15, 0.2) is 6.23 Å². The van der Waals surface area contributed by atoms with E-state index in [9.17, 15) is 9.59 Å². The Bertz CT molecular complexity index is 1690. The fraction of sp³-hybridized carbons (Fsp3) is 0.316. The van der Waals surface area contributed by atoms with Gasteiger partial charge in [-0.2, -0.15) is 0 Å². The van der Waals surface area contributed by atoms with E-state index >= 15 is 0 Å². The van der Waals surface area contributed by atoms with E-state index in [1.807, 2.05) is 30.3 Å². The van der Waals surface area contributed by atoms with Crippen molar-refractivity contribution in [1.29, 1.82) is 0 Å². The summed E-state index contributed by atoms with van der Waals surface area (Å²) in [6.45, 7) is 4.01. The van der Waals surface area contributed by atoms with Crippen molar-refractivity contribution in [2.24, 2.45) is 5.73 Å². The fourth-order valence-corrected chi connectivity index (χ4v) is 7.05. The van der Waals surface area contributed by atoms with Crippen LogP contribution in [0.5, 0.6) is 0 Å². The van der Waals surface area contributed by atoms with Gasteiger partial charge in [-0.05, 0) is 72.5 Å². The molecule has 3 N–H and O–H groups in total. The highest BCUT2D eigenvalue weighted by molar-refractivity contribution is 9.10. The van der Waals surface area contributed by atoms with Crippen LogP contribution in [0.2, 0.25) is 10.0 Å². The predicted octanol–water partition coefficient (Wildman–Crippen LogP) is 9.75. The second-order valence-corrected chi connectivity index (χ2v) is 13.7. The van der Waals surface area contributed by atoms with Crippen LogP contribution in [0.25, 0.3) is 0 Å². The number of benzene rings is 4. The zero-order valence-corrected chi connectivity index (χ0v) is 30.0. The van der Waals surface area contributed by atoms with Gasteiger partial charge in [-0.3, -0.25) is 15.4 Å². The van der Waals surface area contributed by atoms with Gasteiger partial charge < -0.3 is 14.8 Å². The first kappa shape index (κ1) is 35.9. The summed E-state index contributed by atoms with van der Waals surface area (Å²) in [6, 6.07) is 26.1. The number of anilines is 2. The van der Waals surface area contributed by atoms with Gasteiger partial charge in [0.1, 0.15) is 6.61 Å². The van der Waals surface area contributed by atoms with Crippen molar-refractivity contribution in [1.82, 2.24) is 4.90 Å². The molecular weight excluding hydrogens is 713 g/mol. The molecular formula is C38H40BrCl2N3O4. The van der Waals surface area contributed by atoms with Crippen LogP contribution in [-0.2, 0) is 33.8 Å². The first-order valence-electron chi connectivity index (χ1n) is 16.2. The lowest BCUT2D eigenvalue weighted by Crippen LogP contribution is -2.36. The Hall–Kier alpha value is -3.40. The zero-order chi connectivity index (χ0) is 34.0. The zero-order valence-electron chi connectivity index (χ0n) is 26.9. The summed E-state index contributed by atoms with van der Waals surface area (Å²) in [5.41, 5.74) is 11.2. The highest BCUT2D eigenvalue weighted by atomic mass is 79.9. The van der Waals surface area contributed by atoms with Crippen molar-refractivity contribution in [3.05, 3.63) is 127 Å². The molecule has 0 amide bonds. The van der Waals surface area contributed by atoms with Gasteiger partial charge in [0.25, 0.3) is 0 Å². The van der Waals surface area contributed by atoms with Gasteiger partial charge in [-0.1, -0.05) is 114 Å². The van der Waals surface area contributed by atoms with Gasteiger partial charge >= 0.3 is 11.9 Å². The molecule has 48 heavy (non-hydrogen) atoms. The van der Waals surface area contributed by atoms with E-state index < -0.39 is 18.2 Å². The summed E-state index contributed by atoms with van der Waals surface area (Å²) in [6.07, 6.45) is 5.40. The Morgan fingerprint density at radius 3 is 2.35 bits per heavy atom. The minimum atomic E-state index is -0.957. The number of esters is 2. The third-order valence-electron chi connectivity index (χ3n) is 8.59. The van der Waals surface area contributed by atoms with E-state index in [2.05, 4.69) is 39.1 Å². The average Bonchev–Trinajstić information content (AvgIpc) is 3.09. The maximum atomic E-state index is 13.1. The lowest BCUT2D eigenvalue weighted by molar-refractivity contribution is -0.144. The van der Waals surface area contributed by atoms with Gasteiger partial charge in [-0.25, -0.2) is 4.79 Å². The molecule has 4 aromatic carbocycles. The van der Waals surface area contributed by atoms with Crippen LogP contribution >= 0.6 is 39.1 Å². The van der Waals surface area contributed by atoms with Crippen molar-refractivity contribution in [2.75, 3.05) is 11.9 Å².